The molecule has 3 atom stereocenters. The number of rotatable bonds is 9. The third-order valence-corrected chi connectivity index (χ3v) is 3.66. The van der Waals surface area contributed by atoms with Crippen LogP contribution in [0.3, 0.4) is 0 Å². The van der Waals surface area contributed by atoms with Crippen molar-refractivity contribution in [2.24, 2.45) is 11.7 Å². The Morgan fingerprint density at radius 1 is 1.30 bits per heavy atom. The molecule has 0 bridgehead atoms. The SMILES string of the molecule is CC[C@H](C)[C@H](NC(=O)C(CCSC)NC(N)=O)C(=O)O. The Kier molecular flexibility index (Phi) is 8.78. The largest absolute Gasteiger partial charge is 0.480 e. The number of thioether (sulfide) groups is 1. The molecule has 116 valence electrons. The topological polar surface area (TPSA) is 122 Å². The lowest BCUT2D eigenvalue weighted by Crippen LogP contribution is -2.54. The molecule has 3 amide bonds. The van der Waals surface area contributed by atoms with Gasteiger partial charge >= 0.3 is 12.0 Å². The van der Waals surface area contributed by atoms with Crippen LogP contribution in [0.4, 0.5) is 4.79 Å². The number of nitrogens with one attached hydrogen (secondary N) is 2. The van der Waals surface area contributed by atoms with Gasteiger partial charge in [-0.25, -0.2) is 9.59 Å². The van der Waals surface area contributed by atoms with Crippen LogP contribution in [0, 0.1) is 5.92 Å². The molecule has 0 aliphatic rings. The predicted molar refractivity (Wildman–Crippen MR) is 78.5 cm³/mol. The monoisotopic (exact) mass is 305 g/mol. The highest BCUT2D eigenvalue weighted by Gasteiger charge is 2.28. The van der Waals surface area contributed by atoms with Crippen LogP contribution in [0.5, 0.6) is 0 Å². The Labute approximate surface area is 123 Å². The lowest BCUT2D eigenvalue weighted by Gasteiger charge is -2.23. The molecule has 0 aromatic carbocycles. The molecule has 0 saturated carbocycles. The van der Waals surface area contributed by atoms with E-state index in [1.165, 1.54) is 11.8 Å². The van der Waals surface area contributed by atoms with Crippen LogP contribution in [0.1, 0.15) is 26.7 Å². The fourth-order valence-corrected chi connectivity index (χ4v) is 2.08. The van der Waals surface area contributed by atoms with Crippen LogP contribution in [-0.2, 0) is 9.59 Å². The molecule has 0 heterocycles. The van der Waals surface area contributed by atoms with Gasteiger partial charge in [-0.15, -0.1) is 0 Å². The average Bonchev–Trinajstić information content (AvgIpc) is 2.38. The van der Waals surface area contributed by atoms with Crippen molar-refractivity contribution in [2.45, 2.75) is 38.8 Å². The van der Waals surface area contributed by atoms with E-state index in [0.717, 1.165) is 0 Å². The molecule has 8 heteroatoms. The van der Waals surface area contributed by atoms with Crippen LogP contribution in [0.2, 0.25) is 0 Å². The fraction of sp³-hybridized carbons (Fsp3) is 0.750. The quantitative estimate of drug-likeness (QED) is 0.491. The van der Waals surface area contributed by atoms with Gasteiger partial charge in [0.1, 0.15) is 12.1 Å². The molecular weight excluding hydrogens is 282 g/mol. The number of aliphatic carboxylic acids is 1. The normalized spacial score (nSPS) is 14.9. The Bertz CT molecular complexity index is 352. The molecule has 5 N–H and O–H groups in total. The number of carboxylic acid groups (broad SMARTS) is 1. The Hall–Kier alpha value is -1.44. The molecule has 1 unspecified atom stereocenters. The van der Waals surface area contributed by atoms with Gasteiger partial charge in [0, 0.05) is 0 Å². The van der Waals surface area contributed by atoms with Crippen molar-refractivity contribution in [3.8, 4) is 0 Å². The number of urea groups is 1. The summed E-state index contributed by atoms with van der Waals surface area (Å²) in [6.07, 6.45) is 2.89. The molecule has 0 aliphatic carbocycles. The first-order valence-corrected chi connectivity index (χ1v) is 7.80. The van der Waals surface area contributed by atoms with Crippen molar-refractivity contribution in [3.05, 3.63) is 0 Å². The number of nitrogens with two attached hydrogens (primary N) is 1. The lowest BCUT2D eigenvalue weighted by molar-refractivity contribution is -0.143. The van der Waals surface area contributed by atoms with E-state index < -0.39 is 30.0 Å². The van der Waals surface area contributed by atoms with E-state index in [2.05, 4.69) is 10.6 Å². The minimum Gasteiger partial charge on any atom is -0.480 e. The summed E-state index contributed by atoms with van der Waals surface area (Å²) in [6.45, 7) is 3.59. The van der Waals surface area contributed by atoms with Gasteiger partial charge in [-0.3, -0.25) is 4.79 Å². The molecule has 0 aromatic rings. The number of carboxylic acids is 1. The molecule has 7 nitrogen and oxygen atoms in total. The zero-order valence-corrected chi connectivity index (χ0v) is 12.8. The first-order valence-electron chi connectivity index (χ1n) is 6.41. The highest BCUT2D eigenvalue weighted by atomic mass is 32.2. The molecule has 0 aromatic heterocycles. The smallest absolute Gasteiger partial charge is 0.326 e. The van der Waals surface area contributed by atoms with Crippen molar-refractivity contribution in [1.29, 1.82) is 0 Å². The number of carbonyl (C=O) groups excluding carboxylic acids is 2. The molecule has 0 fully saturated rings. The van der Waals surface area contributed by atoms with Crippen molar-refractivity contribution in [1.82, 2.24) is 10.6 Å². The lowest BCUT2D eigenvalue weighted by atomic mass is 9.99. The predicted octanol–water partition coefficient (Wildman–Crippen LogP) is 0.392. The van der Waals surface area contributed by atoms with Crippen LogP contribution in [0.15, 0.2) is 0 Å². The molecule has 0 aliphatic heterocycles. The molecule has 20 heavy (non-hydrogen) atoms. The first-order chi connectivity index (χ1) is 9.33. The highest BCUT2D eigenvalue weighted by molar-refractivity contribution is 7.98. The number of hydrogen-bond donors (Lipinski definition) is 4. The van der Waals surface area contributed by atoms with Crippen molar-refractivity contribution in [3.63, 3.8) is 0 Å². The summed E-state index contributed by atoms with van der Waals surface area (Å²) in [5.41, 5.74) is 5.03. The van der Waals surface area contributed by atoms with E-state index in [1.54, 1.807) is 6.92 Å². The third-order valence-electron chi connectivity index (χ3n) is 3.02. The van der Waals surface area contributed by atoms with E-state index in [4.69, 9.17) is 10.8 Å². The Balaban J connectivity index is 4.77. The number of amides is 3. The number of primary amides is 1. The van der Waals surface area contributed by atoms with Crippen molar-refractivity contribution in [2.75, 3.05) is 12.0 Å². The average molecular weight is 305 g/mol. The third kappa shape index (κ3) is 6.65. The van der Waals surface area contributed by atoms with Gasteiger partial charge in [0.15, 0.2) is 0 Å². The van der Waals surface area contributed by atoms with Gasteiger partial charge in [0.2, 0.25) is 5.91 Å². The standard InChI is InChI=1S/C12H23N3O4S/c1-4-7(2)9(11(17)18)15-10(16)8(5-6-20-3)14-12(13)19/h7-9H,4-6H2,1-3H3,(H,15,16)(H,17,18)(H3,13,14,19)/t7-,8?,9-/m0/s1. The van der Waals surface area contributed by atoms with Crippen molar-refractivity contribution >= 4 is 29.7 Å². The van der Waals surface area contributed by atoms with E-state index in [9.17, 15) is 14.4 Å². The van der Waals surface area contributed by atoms with Crippen LogP contribution < -0.4 is 16.4 Å². The zero-order chi connectivity index (χ0) is 15.7. The minimum absolute atomic E-state index is 0.203. The van der Waals surface area contributed by atoms with Gasteiger partial charge in [0.05, 0.1) is 0 Å². The molecule has 0 radical (unpaired) electrons. The maximum Gasteiger partial charge on any atom is 0.326 e. The summed E-state index contributed by atoms with van der Waals surface area (Å²) >= 11 is 1.52. The van der Waals surface area contributed by atoms with Crippen LogP contribution in [-0.4, -0.2) is 47.1 Å². The van der Waals surface area contributed by atoms with Gasteiger partial charge in [-0.05, 0) is 24.3 Å². The summed E-state index contributed by atoms with van der Waals surface area (Å²) in [6, 6.07) is -2.59. The van der Waals surface area contributed by atoms with E-state index in [1.807, 2.05) is 13.2 Å². The van der Waals surface area contributed by atoms with E-state index in [0.29, 0.717) is 18.6 Å². The molecule has 0 rings (SSSR count). The highest BCUT2D eigenvalue weighted by Crippen LogP contribution is 2.09. The molecule has 0 saturated heterocycles. The van der Waals surface area contributed by atoms with Gasteiger partial charge in [0.25, 0.3) is 0 Å². The second-order valence-corrected chi connectivity index (χ2v) is 5.54. The zero-order valence-electron chi connectivity index (χ0n) is 12.0. The Morgan fingerprint density at radius 2 is 1.90 bits per heavy atom. The minimum atomic E-state index is -1.09. The second kappa shape index (κ2) is 9.46. The Morgan fingerprint density at radius 3 is 2.30 bits per heavy atom. The van der Waals surface area contributed by atoms with E-state index >= 15 is 0 Å². The summed E-state index contributed by atoms with van der Waals surface area (Å²) in [5.74, 6) is -1.16. The van der Waals surface area contributed by atoms with Gasteiger partial charge < -0.3 is 21.5 Å². The second-order valence-electron chi connectivity index (χ2n) is 4.55. The fourth-order valence-electron chi connectivity index (χ4n) is 1.61. The summed E-state index contributed by atoms with van der Waals surface area (Å²) in [7, 11) is 0. The summed E-state index contributed by atoms with van der Waals surface area (Å²) in [4.78, 5) is 34.1. The number of hydrogen-bond acceptors (Lipinski definition) is 4. The van der Waals surface area contributed by atoms with Crippen molar-refractivity contribution < 1.29 is 19.5 Å². The van der Waals surface area contributed by atoms with Crippen LogP contribution >= 0.6 is 11.8 Å². The summed E-state index contributed by atoms with van der Waals surface area (Å²) in [5, 5.41) is 13.9. The van der Waals surface area contributed by atoms with Crippen LogP contribution in [0.25, 0.3) is 0 Å². The first kappa shape index (κ1) is 18.6. The number of carbonyl (C=O) groups is 3. The van der Waals surface area contributed by atoms with E-state index in [-0.39, 0.29) is 5.92 Å². The maximum atomic E-state index is 12.1. The van der Waals surface area contributed by atoms with Gasteiger partial charge in [-0.2, -0.15) is 11.8 Å². The van der Waals surface area contributed by atoms with Gasteiger partial charge in [-0.1, -0.05) is 20.3 Å². The molecule has 0 spiro atoms. The maximum absolute atomic E-state index is 12.1. The summed E-state index contributed by atoms with van der Waals surface area (Å²) < 4.78 is 0. The molecular formula is C12H23N3O4S.